The first kappa shape index (κ1) is 10.6. The zero-order valence-electron chi connectivity index (χ0n) is 8.33. The van der Waals surface area contributed by atoms with Crippen molar-refractivity contribution in [3.8, 4) is 0 Å². The molecule has 0 amide bonds. The number of hydrogen-bond donors (Lipinski definition) is 0. The van der Waals surface area contributed by atoms with Crippen molar-refractivity contribution in [2.75, 3.05) is 5.88 Å². The van der Waals surface area contributed by atoms with Gasteiger partial charge in [-0.3, -0.25) is 0 Å². The van der Waals surface area contributed by atoms with E-state index in [1.54, 1.807) is 0 Å². The molecule has 0 aliphatic carbocycles. The Kier molecular flexibility index (Phi) is 4.29. The Balaban J connectivity index is 2.50. The van der Waals surface area contributed by atoms with Crippen LogP contribution in [0.1, 0.15) is 38.4 Å². The SMILES string of the molecule is CC(C)c1nccn1CCCCCl. The number of hydrogen-bond acceptors (Lipinski definition) is 1. The minimum absolute atomic E-state index is 0.506. The summed E-state index contributed by atoms with van der Waals surface area (Å²) in [5, 5.41) is 0. The lowest BCUT2D eigenvalue weighted by Crippen LogP contribution is -2.04. The van der Waals surface area contributed by atoms with E-state index >= 15 is 0 Å². The van der Waals surface area contributed by atoms with Gasteiger partial charge in [0.2, 0.25) is 0 Å². The van der Waals surface area contributed by atoms with E-state index in [1.807, 2.05) is 12.4 Å². The second-order valence-corrected chi connectivity index (χ2v) is 3.91. The third kappa shape index (κ3) is 3.03. The Morgan fingerprint density at radius 1 is 1.46 bits per heavy atom. The molecule has 0 saturated heterocycles. The molecule has 3 heteroatoms. The van der Waals surface area contributed by atoms with E-state index in [0.29, 0.717) is 5.92 Å². The maximum absolute atomic E-state index is 5.62. The Labute approximate surface area is 84.9 Å². The summed E-state index contributed by atoms with van der Waals surface area (Å²) in [5.74, 6) is 2.44. The minimum atomic E-state index is 0.506. The topological polar surface area (TPSA) is 17.8 Å². The van der Waals surface area contributed by atoms with E-state index in [1.165, 1.54) is 5.82 Å². The van der Waals surface area contributed by atoms with Crippen LogP contribution in [0.4, 0.5) is 0 Å². The number of halogens is 1. The summed E-state index contributed by atoms with van der Waals surface area (Å²) in [7, 11) is 0. The van der Waals surface area contributed by atoms with Crippen molar-refractivity contribution in [1.82, 2.24) is 9.55 Å². The summed E-state index contributed by atoms with van der Waals surface area (Å²) < 4.78 is 2.22. The first-order valence-electron chi connectivity index (χ1n) is 4.82. The van der Waals surface area contributed by atoms with Crippen molar-refractivity contribution in [2.45, 2.75) is 39.2 Å². The zero-order chi connectivity index (χ0) is 9.68. The van der Waals surface area contributed by atoms with E-state index in [-0.39, 0.29) is 0 Å². The molecular formula is C10H17ClN2. The predicted molar refractivity (Wildman–Crippen MR) is 56.3 cm³/mol. The van der Waals surface area contributed by atoms with E-state index in [2.05, 4.69) is 23.4 Å². The van der Waals surface area contributed by atoms with Crippen LogP contribution >= 0.6 is 11.6 Å². The minimum Gasteiger partial charge on any atom is -0.335 e. The van der Waals surface area contributed by atoms with E-state index < -0.39 is 0 Å². The normalized spacial score (nSPS) is 11.1. The molecule has 2 nitrogen and oxygen atoms in total. The Morgan fingerprint density at radius 3 is 2.85 bits per heavy atom. The molecule has 1 aromatic heterocycles. The standard InChI is InChI=1S/C10H17ClN2/c1-9(2)10-12-6-8-13(10)7-4-3-5-11/h6,8-9H,3-5,7H2,1-2H3. The predicted octanol–water partition coefficient (Wildman–Crippen LogP) is 3.03. The fraction of sp³-hybridized carbons (Fsp3) is 0.700. The molecule has 0 unspecified atom stereocenters. The lowest BCUT2D eigenvalue weighted by atomic mass is 10.2. The van der Waals surface area contributed by atoms with Crippen LogP contribution in [-0.4, -0.2) is 15.4 Å². The average Bonchev–Trinajstić information content (AvgIpc) is 2.53. The molecule has 0 aromatic carbocycles. The van der Waals surface area contributed by atoms with Gasteiger partial charge in [0, 0.05) is 30.7 Å². The highest BCUT2D eigenvalue weighted by Gasteiger charge is 2.05. The molecule has 74 valence electrons. The molecule has 0 bridgehead atoms. The van der Waals surface area contributed by atoms with Crippen LogP contribution in [-0.2, 0) is 6.54 Å². The van der Waals surface area contributed by atoms with Gasteiger partial charge >= 0.3 is 0 Å². The van der Waals surface area contributed by atoms with Crippen LogP contribution in [0.15, 0.2) is 12.4 Å². The van der Waals surface area contributed by atoms with E-state index in [0.717, 1.165) is 25.3 Å². The van der Waals surface area contributed by atoms with E-state index in [4.69, 9.17) is 11.6 Å². The molecule has 0 spiro atoms. The van der Waals surface area contributed by atoms with Crippen LogP contribution in [0.5, 0.6) is 0 Å². The van der Waals surface area contributed by atoms with Gasteiger partial charge in [0.25, 0.3) is 0 Å². The highest BCUT2D eigenvalue weighted by Crippen LogP contribution is 2.12. The number of unbranched alkanes of at least 4 members (excludes halogenated alkanes) is 1. The second kappa shape index (κ2) is 5.28. The van der Waals surface area contributed by atoms with Crippen molar-refractivity contribution < 1.29 is 0 Å². The summed E-state index contributed by atoms with van der Waals surface area (Å²) in [5.41, 5.74) is 0. The van der Waals surface area contributed by atoms with Gasteiger partial charge < -0.3 is 4.57 Å². The Hall–Kier alpha value is -0.500. The van der Waals surface area contributed by atoms with Gasteiger partial charge in [-0.1, -0.05) is 13.8 Å². The highest BCUT2D eigenvalue weighted by atomic mass is 35.5. The van der Waals surface area contributed by atoms with Crippen LogP contribution in [0, 0.1) is 0 Å². The number of aryl methyl sites for hydroxylation is 1. The fourth-order valence-electron chi connectivity index (χ4n) is 1.39. The molecule has 0 N–H and O–H groups in total. The van der Waals surface area contributed by atoms with Crippen molar-refractivity contribution in [2.24, 2.45) is 0 Å². The molecule has 1 heterocycles. The number of aromatic nitrogens is 2. The van der Waals surface area contributed by atoms with Gasteiger partial charge in [0.05, 0.1) is 0 Å². The zero-order valence-corrected chi connectivity index (χ0v) is 9.09. The van der Waals surface area contributed by atoms with Gasteiger partial charge in [-0.15, -0.1) is 11.6 Å². The monoisotopic (exact) mass is 200 g/mol. The van der Waals surface area contributed by atoms with Crippen LogP contribution < -0.4 is 0 Å². The summed E-state index contributed by atoms with van der Waals surface area (Å²) >= 11 is 5.62. The molecule has 0 saturated carbocycles. The smallest absolute Gasteiger partial charge is 0.111 e. The average molecular weight is 201 g/mol. The maximum Gasteiger partial charge on any atom is 0.111 e. The fourth-order valence-corrected chi connectivity index (χ4v) is 1.58. The Bertz CT molecular complexity index is 243. The third-order valence-corrected chi connectivity index (χ3v) is 2.31. The van der Waals surface area contributed by atoms with Gasteiger partial charge in [0.1, 0.15) is 5.82 Å². The summed E-state index contributed by atoms with van der Waals surface area (Å²) in [6.07, 6.45) is 6.14. The third-order valence-electron chi connectivity index (χ3n) is 2.05. The summed E-state index contributed by atoms with van der Waals surface area (Å²) in [6.45, 7) is 5.38. The van der Waals surface area contributed by atoms with Gasteiger partial charge in [0.15, 0.2) is 0 Å². The number of nitrogens with zero attached hydrogens (tertiary/aromatic N) is 2. The maximum atomic E-state index is 5.62. The molecule has 1 aromatic rings. The van der Waals surface area contributed by atoms with Crippen LogP contribution in [0.2, 0.25) is 0 Å². The molecule has 0 aliphatic rings. The number of imidazole rings is 1. The lowest BCUT2D eigenvalue weighted by molar-refractivity contribution is 0.584. The number of rotatable bonds is 5. The molecule has 0 atom stereocenters. The van der Waals surface area contributed by atoms with Crippen LogP contribution in [0.25, 0.3) is 0 Å². The first-order valence-corrected chi connectivity index (χ1v) is 5.36. The number of alkyl halides is 1. The van der Waals surface area contributed by atoms with Crippen molar-refractivity contribution in [3.63, 3.8) is 0 Å². The van der Waals surface area contributed by atoms with Gasteiger partial charge in [-0.05, 0) is 12.8 Å². The van der Waals surface area contributed by atoms with Crippen molar-refractivity contribution in [3.05, 3.63) is 18.2 Å². The quantitative estimate of drug-likeness (QED) is 0.528. The van der Waals surface area contributed by atoms with Crippen LogP contribution in [0.3, 0.4) is 0 Å². The molecule has 0 aliphatic heterocycles. The molecule has 1 rings (SSSR count). The Morgan fingerprint density at radius 2 is 2.23 bits per heavy atom. The van der Waals surface area contributed by atoms with Gasteiger partial charge in [-0.2, -0.15) is 0 Å². The van der Waals surface area contributed by atoms with Crippen molar-refractivity contribution >= 4 is 11.6 Å². The largest absolute Gasteiger partial charge is 0.335 e. The van der Waals surface area contributed by atoms with Crippen molar-refractivity contribution in [1.29, 1.82) is 0 Å². The summed E-state index contributed by atoms with van der Waals surface area (Å²) in [6, 6.07) is 0. The molecule has 13 heavy (non-hydrogen) atoms. The molecule has 0 radical (unpaired) electrons. The second-order valence-electron chi connectivity index (χ2n) is 3.53. The van der Waals surface area contributed by atoms with Gasteiger partial charge in [-0.25, -0.2) is 4.98 Å². The van der Waals surface area contributed by atoms with E-state index in [9.17, 15) is 0 Å². The molecule has 0 fully saturated rings. The first-order chi connectivity index (χ1) is 6.25. The summed E-state index contributed by atoms with van der Waals surface area (Å²) in [4.78, 5) is 4.32. The highest BCUT2D eigenvalue weighted by molar-refractivity contribution is 6.17. The lowest BCUT2D eigenvalue weighted by Gasteiger charge is -2.09. The molecular weight excluding hydrogens is 184 g/mol.